The number of aliphatic imine (C=N–C) groups is 1. The van der Waals surface area contributed by atoms with Gasteiger partial charge < -0.3 is 10.5 Å². The van der Waals surface area contributed by atoms with E-state index in [2.05, 4.69) is 10.9 Å². The third-order valence-electron chi connectivity index (χ3n) is 3.12. The van der Waals surface area contributed by atoms with Crippen LogP contribution in [0.1, 0.15) is 13.3 Å². The number of terminal acetylenes is 1. The van der Waals surface area contributed by atoms with E-state index in [1.807, 2.05) is 0 Å². The zero-order valence-corrected chi connectivity index (χ0v) is 9.22. The van der Waals surface area contributed by atoms with Crippen molar-refractivity contribution in [1.82, 2.24) is 4.90 Å². The fourth-order valence-corrected chi connectivity index (χ4v) is 2.25. The van der Waals surface area contributed by atoms with Crippen molar-refractivity contribution in [1.29, 1.82) is 0 Å². The van der Waals surface area contributed by atoms with Gasteiger partial charge in [0.05, 0.1) is 18.7 Å². The van der Waals surface area contributed by atoms with E-state index in [1.165, 1.54) is 0 Å². The molecule has 0 spiro atoms. The van der Waals surface area contributed by atoms with Gasteiger partial charge >= 0.3 is 6.03 Å². The van der Waals surface area contributed by atoms with Crippen LogP contribution in [0.15, 0.2) is 4.99 Å². The summed E-state index contributed by atoms with van der Waals surface area (Å²) in [5.41, 5.74) is 5.80. The fourth-order valence-electron chi connectivity index (χ4n) is 2.25. The number of urea groups is 1. The van der Waals surface area contributed by atoms with Gasteiger partial charge in [-0.2, -0.15) is 4.99 Å². The van der Waals surface area contributed by atoms with Crippen LogP contribution in [0.5, 0.6) is 0 Å². The molecule has 3 atom stereocenters. The quantitative estimate of drug-likeness (QED) is 0.677. The molecule has 5 nitrogen and oxygen atoms in total. The third-order valence-corrected chi connectivity index (χ3v) is 3.12. The van der Waals surface area contributed by atoms with Crippen LogP contribution in [-0.4, -0.2) is 42.1 Å². The van der Waals surface area contributed by atoms with Gasteiger partial charge in [0.2, 0.25) is 0 Å². The van der Waals surface area contributed by atoms with E-state index in [9.17, 15) is 4.79 Å². The van der Waals surface area contributed by atoms with Crippen molar-refractivity contribution < 1.29 is 9.53 Å². The molecule has 86 valence electrons. The molecule has 1 fully saturated rings. The van der Waals surface area contributed by atoms with Crippen LogP contribution in [0.25, 0.3) is 0 Å². The molecular weight excluding hydrogens is 206 g/mol. The molecule has 5 heteroatoms. The minimum atomic E-state index is -0.333. The molecule has 3 unspecified atom stereocenters. The number of carbonyl (C=O) groups excluding carboxylic acids is 1. The number of carbonyl (C=O) groups is 1. The molecule has 2 heterocycles. The lowest BCUT2D eigenvalue weighted by Gasteiger charge is -2.30. The Morgan fingerprint density at radius 2 is 2.50 bits per heavy atom. The summed E-state index contributed by atoms with van der Waals surface area (Å²) in [6.45, 7) is 3.12. The smallest absolute Gasteiger partial charge is 0.346 e. The largest absolute Gasteiger partial charge is 0.385 e. The molecule has 2 aliphatic heterocycles. The molecule has 0 bridgehead atoms. The Balaban J connectivity index is 2.22. The minimum Gasteiger partial charge on any atom is -0.385 e. The molecule has 0 saturated carbocycles. The Labute approximate surface area is 94.6 Å². The van der Waals surface area contributed by atoms with Crippen LogP contribution in [0, 0.1) is 18.3 Å². The molecule has 2 rings (SSSR count). The highest BCUT2D eigenvalue weighted by atomic mass is 16.5. The Bertz CT molecular complexity index is 366. The maximum absolute atomic E-state index is 11.7. The molecule has 16 heavy (non-hydrogen) atoms. The Kier molecular flexibility index (Phi) is 2.84. The van der Waals surface area contributed by atoms with Gasteiger partial charge in [0.15, 0.2) is 0 Å². The zero-order chi connectivity index (χ0) is 11.7. The second kappa shape index (κ2) is 4.14. The summed E-state index contributed by atoms with van der Waals surface area (Å²) in [6, 6.07) is -0.816. The second-order valence-corrected chi connectivity index (χ2v) is 4.14. The molecule has 2 N–H and O–H groups in total. The summed E-state index contributed by atoms with van der Waals surface area (Å²) in [5, 5.41) is 0. The summed E-state index contributed by atoms with van der Waals surface area (Å²) in [7, 11) is 0. The van der Waals surface area contributed by atoms with Crippen LogP contribution in [0.2, 0.25) is 0 Å². The predicted molar refractivity (Wildman–Crippen MR) is 59.9 cm³/mol. The standard InChI is InChI=1S/C11H15N3O2/c1-3-7(2)14-9(8-4-5-16-6-8)10(12)13-11(14)15/h1,7-9H,4-6H2,2H3,(H2,12,13,15). The van der Waals surface area contributed by atoms with Gasteiger partial charge in [-0.15, -0.1) is 6.42 Å². The zero-order valence-electron chi connectivity index (χ0n) is 9.22. The summed E-state index contributed by atoms with van der Waals surface area (Å²) < 4.78 is 5.31. The van der Waals surface area contributed by atoms with Gasteiger partial charge in [0.1, 0.15) is 5.84 Å². The maximum Gasteiger partial charge on any atom is 0.346 e. The van der Waals surface area contributed by atoms with Gasteiger partial charge in [0.25, 0.3) is 0 Å². The van der Waals surface area contributed by atoms with E-state index in [-0.39, 0.29) is 24.0 Å². The molecule has 0 aromatic rings. The van der Waals surface area contributed by atoms with Crippen molar-refractivity contribution in [2.45, 2.75) is 25.4 Å². The minimum absolute atomic E-state index is 0.193. The summed E-state index contributed by atoms with van der Waals surface area (Å²) in [4.78, 5) is 17.0. The van der Waals surface area contributed by atoms with E-state index in [4.69, 9.17) is 16.9 Å². The summed E-state index contributed by atoms with van der Waals surface area (Å²) >= 11 is 0. The number of hydrogen-bond donors (Lipinski definition) is 1. The van der Waals surface area contributed by atoms with E-state index in [1.54, 1.807) is 11.8 Å². The summed E-state index contributed by atoms with van der Waals surface area (Å²) in [5.74, 6) is 3.12. The van der Waals surface area contributed by atoms with Crippen LogP contribution in [-0.2, 0) is 4.74 Å². The van der Waals surface area contributed by atoms with Gasteiger partial charge in [-0.1, -0.05) is 5.92 Å². The van der Waals surface area contributed by atoms with Crippen molar-refractivity contribution in [3.05, 3.63) is 0 Å². The lowest BCUT2D eigenvalue weighted by molar-refractivity contribution is 0.154. The van der Waals surface area contributed by atoms with Gasteiger partial charge in [-0.05, 0) is 13.3 Å². The van der Waals surface area contributed by atoms with E-state index in [0.29, 0.717) is 19.0 Å². The first-order chi connectivity index (χ1) is 7.65. The maximum atomic E-state index is 11.7. The van der Waals surface area contributed by atoms with E-state index < -0.39 is 0 Å². The van der Waals surface area contributed by atoms with Crippen LogP contribution >= 0.6 is 0 Å². The first-order valence-electron chi connectivity index (χ1n) is 5.35. The normalized spacial score (nSPS) is 31.4. The number of rotatable bonds is 2. The molecular formula is C11H15N3O2. The SMILES string of the molecule is C#CC(C)N1C(=O)N=C(N)C1C1CCOC1. The molecule has 0 aromatic carbocycles. The van der Waals surface area contributed by atoms with Crippen LogP contribution < -0.4 is 5.73 Å². The molecule has 0 radical (unpaired) electrons. The highest BCUT2D eigenvalue weighted by Crippen LogP contribution is 2.27. The Morgan fingerprint density at radius 3 is 3.06 bits per heavy atom. The van der Waals surface area contributed by atoms with Gasteiger partial charge in [-0.3, -0.25) is 4.90 Å². The fraction of sp³-hybridized carbons (Fsp3) is 0.636. The van der Waals surface area contributed by atoms with Crippen molar-refractivity contribution in [3.63, 3.8) is 0 Å². The van der Waals surface area contributed by atoms with Crippen molar-refractivity contribution in [2.24, 2.45) is 16.6 Å². The summed E-state index contributed by atoms with van der Waals surface area (Å²) in [6.07, 6.45) is 6.24. The van der Waals surface area contributed by atoms with E-state index >= 15 is 0 Å². The topological polar surface area (TPSA) is 67.9 Å². The number of amides is 2. The number of hydrogen-bond acceptors (Lipinski definition) is 3. The first kappa shape index (κ1) is 11.0. The predicted octanol–water partition coefficient (Wildman–Crippen LogP) is 0.206. The average Bonchev–Trinajstić information content (AvgIpc) is 2.84. The first-order valence-corrected chi connectivity index (χ1v) is 5.35. The average molecular weight is 221 g/mol. The van der Waals surface area contributed by atoms with Crippen LogP contribution in [0.4, 0.5) is 4.79 Å². The van der Waals surface area contributed by atoms with Crippen molar-refractivity contribution >= 4 is 11.9 Å². The lowest BCUT2D eigenvalue weighted by atomic mass is 9.96. The molecule has 2 aliphatic rings. The van der Waals surface area contributed by atoms with Crippen molar-refractivity contribution in [2.75, 3.05) is 13.2 Å². The van der Waals surface area contributed by atoms with Gasteiger partial charge in [0, 0.05) is 12.5 Å². The highest BCUT2D eigenvalue weighted by Gasteiger charge is 2.42. The Morgan fingerprint density at radius 1 is 1.75 bits per heavy atom. The third kappa shape index (κ3) is 1.65. The number of amidine groups is 1. The monoisotopic (exact) mass is 221 g/mol. The number of nitrogens with two attached hydrogens (primary N) is 1. The van der Waals surface area contributed by atoms with Crippen LogP contribution in [0.3, 0.4) is 0 Å². The van der Waals surface area contributed by atoms with Crippen molar-refractivity contribution in [3.8, 4) is 12.3 Å². The second-order valence-electron chi connectivity index (χ2n) is 4.14. The highest BCUT2D eigenvalue weighted by molar-refractivity contribution is 6.03. The number of ether oxygens (including phenoxy) is 1. The molecule has 0 aromatic heterocycles. The lowest BCUT2D eigenvalue weighted by Crippen LogP contribution is -2.49. The molecule has 2 amide bonds. The number of nitrogens with zero attached hydrogens (tertiary/aromatic N) is 2. The molecule has 1 saturated heterocycles. The van der Waals surface area contributed by atoms with Gasteiger partial charge in [-0.25, -0.2) is 4.79 Å². The Hall–Kier alpha value is -1.54. The molecule has 0 aliphatic carbocycles. The van der Waals surface area contributed by atoms with E-state index in [0.717, 1.165) is 6.42 Å².